The van der Waals surface area contributed by atoms with Crippen molar-refractivity contribution in [2.45, 2.75) is 50.9 Å². The maximum atomic E-state index is 9.93. The van der Waals surface area contributed by atoms with Gasteiger partial charge in [-0.1, -0.05) is 18.2 Å². The number of para-hydroxylation sites is 2. The molecule has 0 amide bonds. The van der Waals surface area contributed by atoms with Crippen molar-refractivity contribution in [1.29, 1.82) is 0 Å². The maximum absolute atomic E-state index is 9.93. The molecule has 35 heavy (non-hydrogen) atoms. The van der Waals surface area contributed by atoms with E-state index in [0.717, 1.165) is 62.3 Å². The number of nitrogens with one attached hydrogen (secondary N) is 2. The molecule has 4 N–H and O–H groups in total. The van der Waals surface area contributed by atoms with Gasteiger partial charge in [0, 0.05) is 32.4 Å². The molecule has 0 aliphatic carbocycles. The van der Waals surface area contributed by atoms with Crippen molar-refractivity contribution in [2.75, 3.05) is 50.5 Å². The Morgan fingerprint density at radius 3 is 2.83 bits per heavy atom. The molecule has 3 aromatic rings. The molecule has 0 radical (unpaired) electrons. The van der Waals surface area contributed by atoms with Crippen LogP contribution in [-0.4, -0.2) is 77.3 Å². The molecule has 0 bridgehead atoms. The minimum absolute atomic E-state index is 0.291. The highest BCUT2D eigenvalue weighted by Gasteiger charge is 2.20. The lowest BCUT2D eigenvalue weighted by atomic mass is 10.1. The Labute approximate surface area is 206 Å². The van der Waals surface area contributed by atoms with Crippen LogP contribution in [0, 0.1) is 0 Å². The van der Waals surface area contributed by atoms with E-state index in [-0.39, 0.29) is 0 Å². The van der Waals surface area contributed by atoms with Crippen LogP contribution in [-0.2, 0) is 17.6 Å². The minimum Gasteiger partial charge on any atom is -0.424 e. The van der Waals surface area contributed by atoms with E-state index in [9.17, 15) is 10.2 Å². The highest BCUT2D eigenvalue weighted by atomic mass is 16.5. The summed E-state index contributed by atoms with van der Waals surface area (Å²) in [5.74, 6) is 1.05. The Bertz CT molecular complexity index is 1020. The number of hydrogen-bond acceptors (Lipinski definition) is 9. The van der Waals surface area contributed by atoms with Crippen LogP contribution >= 0.6 is 0 Å². The summed E-state index contributed by atoms with van der Waals surface area (Å²) in [5, 5.41) is 26.3. The fourth-order valence-corrected chi connectivity index (χ4v) is 4.42. The van der Waals surface area contributed by atoms with Gasteiger partial charge in [-0.05, 0) is 68.8 Å². The van der Waals surface area contributed by atoms with Gasteiger partial charge < -0.3 is 34.9 Å². The number of rotatable bonds is 14. The van der Waals surface area contributed by atoms with Gasteiger partial charge in [-0.25, -0.2) is 4.98 Å². The normalized spacial score (nSPS) is 14.3. The van der Waals surface area contributed by atoms with E-state index in [4.69, 9.17) is 14.1 Å². The fraction of sp³-hybridized carbons (Fsp3) is 0.538. The molecular weight excluding hydrogens is 446 g/mol. The summed E-state index contributed by atoms with van der Waals surface area (Å²) in [6.07, 6.45) is 4.29. The van der Waals surface area contributed by atoms with Crippen molar-refractivity contribution >= 4 is 22.9 Å². The molecule has 4 rings (SSSR count). The minimum atomic E-state index is -1.53. The number of pyridine rings is 1. The second kappa shape index (κ2) is 12.8. The number of benzene rings is 1. The van der Waals surface area contributed by atoms with Gasteiger partial charge in [0.25, 0.3) is 6.01 Å². The van der Waals surface area contributed by atoms with E-state index in [1.807, 2.05) is 24.3 Å². The molecule has 1 aliphatic rings. The van der Waals surface area contributed by atoms with Gasteiger partial charge in [0.2, 0.25) is 0 Å². The summed E-state index contributed by atoms with van der Waals surface area (Å²) in [6.45, 7) is 4.02. The number of nitrogens with zero attached hydrogens (tertiary/aromatic N) is 3. The Balaban J connectivity index is 1.25. The number of aromatic nitrogens is 2. The van der Waals surface area contributed by atoms with Crippen LogP contribution in [0.4, 0.5) is 11.8 Å². The predicted octanol–water partition coefficient (Wildman–Crippen LogP) is 3.03. The van der Waals surface area contributed by atoms with Crippen molar-refractivity contribution < 1.29 is 19.4 Å². The number of oxazole rings is 1. The van der Waals surface area contributed by atoms with E-state index in [2.05, 4.69) is 32.7 Å². The second-order valence-electron chi connectivity index (χ2n) is 9.07. The summed E-state index contributed by atoms with van der Waals surface area (Å²) in [7, 11) is 1.70. The van der Waals surface area contributed by atoms with E-state index < -0.39 is 12.3 Å². The van der Waals surface area contributed by atoms with Gasteiger partial charge in [-0.3, -0.25) is 0 Å². The highest BCUT2D eigenvalue weighted by molar-refractivity contribution is 5.74. The van der Waals surface area contributed by atoms with Crippen LogP contribution in [0.3, 0.4) is 0 Å². The lowest BCUT2D eigenvalue weighted by Gasteiger charge is -2.26. The maximum Gasteiger partial charge on any atom is 0.296 e. The van der Waals surface area contributed by atoms with E-state index in [1.165, 1.54) is 12.0 Å². The molecule has 3 heterocycles. The third-order valence-electron chi connectivity index (χ3n) is 6.44. The number of ether oxygens (including phenoxy) is 1. The molecule has 9 heteroatoms. The fourth-order valence-electron chi connectivity index (χ4n) is 4.42. The van der Waals surface area contributed by atoms with Gasteiger partial charge in [0.05, 0.1) is 12.6 Å². The Morgan fingerprint density at radius 2 is 2.00 bits per heavy atom. The lowest BCUT2D eigenvalue weighted by molar-refractivity contribution is -0.0565. The Morgan fingerprint density at radius 1 is 1.11 bits per heavy atom. The van der Waals surface area contributed by atoms with Crippen LogP contribution in [0.25, 0.3) is 11.1 Å². The van der Waals surface area contributed by atoms with Gasteiger partial charge in [-0.15, -0.1) is 0 Å². The zero-order chi connectivity index (χ0) is 24.5. The standard InChI is InChI=1S/C26H37N5O4/c1-34-18-17-31(15-5-4-8-20-12-11-19-7-6-14-27-24(19)28-20)16-13-22(25(32)33)30-26-29-21-9-2-3-10-23(21)35-26/h2-3,9-12,22,25,32-33H,4-8,13-18H2,1H3,(H,27,28)(H,29,30)/t22-/m0/s1. The zero-order valence-corrected chi connectivity index (χ0v) is 20.4. The molecule has 1 aliphatic heterocycles. The first-order valence-corrected chi connectivity index (χ1v) is 12.5. The van der Waals surface area contributed by atoms with Crippen molar-refractivity contribution in [3.63, 3.8) is 0 Å². The summed E-state index contributed by atoms with van der Waals surface area (Å²) < 4.78 is 11.0. The van der Waals surface area contributed by atoms with E-state index in [0.29, 0.717) is 31.2 Å². The molecule has 0 saturated carbocycles. The van der Waals surface area contributed by atoms with Crippen molar-refractivity contribution in [2.24, 2.45) is 0 Å². The number of hydrogen-bond donors (Lipinski definition) is 4. The molecule has 2 aromatic heterocycles. The van der Waals surface area contributed by atoms with Crippen LogP contribution < -0.4 is 10.6 Å². The number of anilines is 2. The molecule has 0 spiro atoms. The van der Waals surface area contributed by atoms with Crippen LogP contribution in [0.2, 0.25) is 0 Å². The number of methoxy groups -OCH3 is 1. The monoisotopic (exact) mass is 483 g/mol. The van der Waals surface area contributed by atoms with Crippen LogP contribution in [0.15, 0.2) is 40.8 Å². The van der Waals surface area contributed by atoms with E-state index >= 15 is 0 Å². The second-order valence-corrected chi connectivity index (χ2v) is 9.07. The highest BCUT2D eigenvalue weighted by Crippen LogP contribution is 2.21. The number of unbranched alkanes of at least 4 members (excludes halogenated alkanes) is 1. The summed E-state index contributed by atoms with van der Waals surface area (Å²) in [6, 6.07) is 11.5. The van der Waals surface area contributed by atoms with Crippen molar-refractivity contribution in [3.8, 4) is 0 Å². The summed E-state index contributed by atoms with van der Waals surface area (Å²) >= 11 is 0. The van der Waals surface area contributed by atoms with Gasteiger partial charge in [0.15, 0.2) is 11.9 Å². The smallest absolute Gasteiger partial charge is 0.296 e. The molecule has 1 aromatic carbocycles. The first-order valence-electron chi connectivity index (χ1n) is 12.5. The quantitative estimate of drug-likeness (QED) is 0.203. The number of aryl methyl sites for hydroxylation is 2. The predicted molar refractivity (Wildman–Crippen MR) is 137 cm³/mol. The third-order valence-corrected chi connectivity index (χ3v) is 6.44. The van der Waals surface area contributed by atoms with Gasteiger partial charge >= 0.3 is 0 Å². The Kier molecular flexibility index (Phi) is 9.30. The average molecular weight is 484 g/mol. The summed E-state index contributed by atoms with van der Waals surface area (Å²) in [5.41, 5.74) is 3.84. The number of aliphatic hydroxyl groups excluding tert-OH is 1. The largest absolute Gasteiger partial charge is 0.424 e. The van der Waals surface area contributed by atoms with Crippen LogP contribution in [0.1, 0.15) is 36.9 Å². The lowest BCUT2D eigenvalue weighted by Crippen LogP contribution is -2.38. The zero-order valence-electron chi connectivity index (χ0n) is 20.4. The molecule has 0 fully saturated rings. The number of fused-ring (bicyclic) bond motifs is 2. The molecule has 190 valence electrons. The Hall–Kier alpha value is -2.72. The third kappa shape index (κ3) is 7.38. The number of aliphatic hydroxyl groups is 2. The molecule has 9 nitrogen and oxygen atoms in total. The van der Waals surface area contributed by atoms with Gasteiger partial charge in [-0.2, -0.15) is 4.98 Å². The summed E-state index contributed by atoms with van der Waals surface area (Å²) in [4.78, 5) is 11.5. The molecule has 1 atom stereocenters. The van der Waals surface area contributed by atoms with Crippen molar-refractivity contribution in [3.05, 3.63) is 47.7 Å². The van der Waals surface area contributed by atoms with Crippen molar-refractivity contribution in [1.82, 2.24) is 14.9 Å². The average Bonchev–Trinajstić information content (AvgIpc) is 3.29. The first-order chi connectivity index (χ1) is 17.1. The van der Waals surface area contributed by atoms with E-state index in [1.54, 1.807) is 7.11 Å². The first kappa shape index (κ1) is 25.4. The molecular formula is C26H37N5O4. The molecule has 0 unspecified atom stereocenters. The topological polar surface area (TPSA) is 116 Å². The van der Waals surface area contributed by atoms with Crippen LogP contribution in [0.5, 0.6) is 0 Å². The molecule has 0 saturated heterocycles. The van der Waals surface area contributed by atoms with Gasteiger partial charge in [0.1, 0.15) is 11.3 Å². The SMILES string of the molecule is COCCN(CCCCc1ccc2c(n1)NCCC2)CC[C@H](Nc1nc2ccccc2o1)C(O)O.